The van der Waals surface area contributed by atoms with E-state index in [2.05, 4.69) is 25.6 Å². The highest BCUT2D eigenvalue weighted by Gasteiger charge is 2.08. The van der Waals surface area contributed by atoms with Crippen LogP contribution < -0.4 is 16.4 Å². The van der Waals surface area contributed by atoms with Gasteiger partial charge < -0.3 is 16.4 Å². The first-order valence-corrected chi connectivity index (χ1v) is 8.38. The number of amides is 1. The minimum atomic E-state index is -0.00494. The number of nitrogens with zero attached hydrogens (tertiary/aromatic N) is 3. The fourth-order valence-electron chi connectivity index (χ4n) is 1.81. The van der Waals surface area contributed by atoms with Crippen LogP contribution in [0.4, 0.5) is 17.6 Å². The molecule has 0 atom stereocenters. The highest BCUT2D eigenvalue weighted by Crippen LogP contribution is 2.15. The van der Waals surface area contributed by atoms with Crippen molar-refractivity contribution in [2.24, 2.45) is 0 Å². The second kappa shape index (κ2) is 8.33. The van der Waals surface area contributed by atoms with Crippen molar-refractivity contribution < 1.29 is 4.79 Å². The summed E-state index contributed by atoms with van der Waals surface area (Å²) < 4.78 is 0. The molecule has 0 aliphatic carbocycles. The van der Waals surface area contributed by atoms with E-state index in [9.17, 15) is 4.79 Å². The standard InChI is InChI=1S/C15H20N6OS/c1-10(2)17-13(22)9-23-8-12-19-14(16)21-15(20-12)18-11-6-4-3-5-7-11/h3-7,10H,8-9H2,1-2H3,(H,17,22)(H3,16,18,19,20,21). The molecule has 1 heterocycles. The van der Waals surface area contributed by atoms with Gasteiger partial charge in [-0.1, -0.05) is 18.2 Å². The van der Waals surface area contributed by atoms with Crippen LogP contribution in [0.2, 0.25) is 0 Å². The van der Waals surface area contributed by atoms with Gasteiger partial charge in [-0.3, -0.25) is 4.79 Å². The zero-order chi connectivity index (χ0) is 16.7. The predicted molar refractivity (Wildman–Crippen MR) is 93.4 cm³/mol. The number of carbonyl (C=O) groups is 1. The molecule has 23 heavy (non-hydrogen) atoms. The smallest absolute Gasteiger partial charge is 0.232 e. The van der Waals surface area contributed by atoms with Gasteiger partial charge in [-0.2, -0.15) is 15.0 Å². The Balaban J connectivity index is 1.93. The Hall–Kier alpha value is -2.35. The molecule has 7 nitrogen and oxygen atoms in total. The van der Waals surface area contributed by atoms with E-state index in [4.69, 9.17) is 5.73 Å². The number of nitrogens with one attached hydrogen (secondary N) is 2. The summed E-state index contributed by atoms with van der Waals surface area (Å²) in [6.45, 7) is 3.85. The van der Waals surface area contributed by atoms with Crippen LogP contribution in [0.15, 0.2) is 30.3 Å². The zero-order valence-corrected chi connectivity index (χ0v) is 13.9. The van der Waals surface area contributed by atoms with Gasteiger partial charge in [-0.15, -0.1) is 11.8 Å². The number of anilines is 3. The summed E-state index contributed by atoms with van der Waals surface area (Å²) in [5.74, 6) is 1.92. The molecule has 0 saturated carbocycles. The number of benzene rings is 1. The maximum absolute atomic E-state index is 11.6. The van der Waals surface area contributed by atoms with Gasteiger partial charge in [0, 0.05) is 11.7 Å². The van der Waals surface area contributed by atoms with Gasteiger partial charge in [-0.25, -0.2) is 0 Å². The normalized spacial score (nSPS) is 10.6. The first-order chi connectivity index (χ1) is 11.0. The summed E-state index contributed by atoms with van der Waals surface area (Å²) in [5, 5.41) is 5.91. The molecular weight excluding hydrogens is 312 g/mol. The van der Waals surface area contributed by atoms with E-state index in [1.54, 1.807) is 0 Å². The maximum Gasteiger partial charge on any atom is 0.232 e. The average molecular weight is 332 g/mol. The highest BCUT2D eigenvalue weighted by molar-refractivity contribution is 7.99. The summed E-state index contributed by atoms with van der Waals surface area (Å²) in [7, 11) is 0. The van der Waals surface area contributed by atoms with Crippen LogP contribution in [0.1, 0.15) is 19.7 Å². The maximum atomic E-state index is 11.6. The number of nitrogen functional groups attached to an aromatic ring is 1. The summed E-state index contributed by atoms with van der Waals surface area (Å²) in [6, 6.07) is 9.71. The quantitative estimate of drug-likeness (QED) is 0.711. The third-order valence-electron chi connectivity index (χ3n) is 2.64. The van der Waals surface area contributed by atoms with E-state index in [0.717, 1.165) is 5.69 Å². The Morgan fingerprint density at radius 3 is 2.65 bits per heavy atom. The Morgan fingerprint density at radius 2 is 1.96 bits per heavy atom. The summed E-state index contributed by atoms with van der Waals surface area (Å²) >= 11 is 1.43. The summed E-state index contributed by atoms with van der Waals surface area (Å²) in [5.41, 5.74) is 6.59. The molecule has 0 saturated heterocycles. The van der Waals surface area contributed by atoms with Crippen LogP contribution in [-0.2, 0) is 10.5 Å². The molecule has 2 aromatic rings. The topological polar surface area (TPSA) is 106 Å². The minimum absolute atomic E-state index is 0.00494. The first-order valence-electron chi connectivity index (χ1n) is 7.22. The molecule has 0 radical (unpaired) electrons. The van der Waals surface area contributed by atoms with Crippen molar-refractivity contribution in [3.05, 3.63) is 36.2 Å². The molecule has 0 fully saturated rings. The van der Waals surface area contributed by atoms with E-state index in [1.165, 1.54) is 11.8 Å². The van der Waals surface area contributed by atoms with E-state index < -0.39 is 0 Å². The second-order valence-electron chi connectivity index (χ2n) is 5.14. The van der Waals surface area contributed by atoms with Crippen LogP contribution in [-0.4, -0.2) is 32.7 Å². The van der Waals surface area contributed by atoms with Crippen molar-refractivity contribution in [2.45, 2.75) is 25.6 Å². The number of hydrogen-bond acceptors (Lipinski definition) is 7. The van der Waals surface area contributed by atoms with Crippen LogP contribution >= 0.6 is 11.8 Å². The third kappa shape index (κ3) is 6.11. The molecule has 1 aromatic carbocycles. The molecule has 122 valence electrons. The van der Waals surface area contributed by atoms with Crippen LogP contribution in [0.3, 0.4) is 0 Å². The van der Waals surface area contributed by atoms with Gasteiger partial charge in [-0.05, 0) is 26.0 Å². The third-order valence-corrected chi connectivity index (χ3v) is 3.57. The summed E-state index contributed by atoms with van der Waals surface area (Å²) in [4.78, 5) is 24.1. The number of rotatable bonds is 7. The molecule has 1 aromatic heterocycles. The minimum Gasteiger partial charge on any atom is -0.368 e. The fourth-order valence-corrected chi connectivity index (χ4v) is 2.49. The van der Waals surface area contributed by atoms with E-state index in [-0.39, 0.29) is 17.9 Å². The first kappa shape index (κ1) is 17.0. The average Bonchev–Trinajstić information content (AvgIpc) is 2.47. The van der Waals surface area contributed by atoms with Gasteiger partial charge in [0.2, 0.25) is 17.8 Å². The lowest BCUT2D eigenvalue weighted by Crippen LogP contribution is -2.31. The van der Waals surface area contributed by atoms with Crippen molar-refractivity contribution in [3.8, 4) is 0 Å². The molecule has 8 heteroatoms. The van der Waals surface area contributed by atoms with Gasteiger partial charge >= 0.3 is 0 Å². The SMILES string of the molecule is CC(C)NC(=O)CSCc1nc(N)nc(Nc2ccccc2)n1. The zero-order valence-electron chi connectivity index (χ0n) is 13.1. The van der Waals surface area contributed by atoms with Crippen LogP contribution in [0.5, 0.6) is 0 Å². The number of para-hydroxylation sites is 1. The molecule has 0 aliphatic rings. The predicted octanol–water partition coefficient (Wildman–Crippen LogP) is 1.96. The Bertz CT molecular complexity index is 650. The van der Waals surface area contributed by atoms with E-state index in [0.29, 0.717) is 23.3 Å². The van der Waals surface area contributed by atoms with E-state index >= 15 is 0 Å². The molecule has 2 rings (SSSR count). The van der Waals surface area contributed by atoms with Crippen molar-refractivity contribution in [1.29, 1.82) is 0 Å². The van der Waals surface area contributed by atoms with Gasteiger partial charge in [0.25, 0.3) is 0 Å². The Kier molecular flexibility index (Phi) is 6.16. The number of hydrogen-bond donors (Lipinski definition) is 3. The lowest BCUT2D eigenvalue weighted by Gasteiger charge is -2.08. The molecule has 0 aliphatic heterocycles. The molecule has 0 unspecified atom stereocenters. The van der Waals surface area contributed by atoms with Gasteiger partial charge in [0.1, 0.15) is 5.82 Å². The Labute approximate surface area is 139 Å². The second-order valence-corrected chi connectivity index (χ2v) is 6.13. The number of thioether (sulfide) groups is 1. The Morgan fingerprint density at radius 1 is 1.22 bits per heavy atom. The largest absolute Gasteiger partial charge is 0.368 e. The number of nitrogens with two attached hydrogens (primary N) is 1. The molecule has 0 bridgehead atoms. The van der Waals surface area contributed by atoms with Crippen molar-refractivity contribution in [2.75, 3.05) is 16.8 Å². The molecule has 1 amide bonds. The fraction of sp³-hybridized carbons (Fsp3) is 0.333. The van der Waals surface area contributed by atoms with Crippen LogP contribution in [0.25, 0.3) is 0 Å². The van der Waals surface area contributed by atoms with Gasteiger partial charge in [0.05, 0.1) is 11.5 Å². The molecule has 4 N–H and O–H groups in total. The summed E-state index contributed by atoms with van der Waals surface area (Å²) in [6.07, 6.45) is 0. The van der Waals surface area contributed by atoms with Gasteiger partial charge in [0.15, 0.2) is 0 Å². The monoisotopic (exact) mass is 332 g/mol. The lowest BCUT2D eigenvalue weighted by molar-refractivity contribution is -0.119. The van der Waals surface area contributed by atoms with Crippen molar-refractivity contribution in [1.82, 2.24) is 20.3 Å². The van der Waals surface area contributed by atoms with E-state index in [1.807, 2.05) is 44.2 Å². The molecular formula is C15H20N6OS. The number of aromatic nitrogens is 3. The molecule has 0 spiro atoms. The number of carbonyl (C=O) groups excluding carboxylic acids is 1. The lowest BCUT2D eigenvalue weighted by atomic mass is 10.3. The highest BCUT2D eigenvalue weighted by atomic mass is 32.2. The van der Waals surface area contributed by atoms with Crippen LogP contribution in [0, 0.1) is 0 Å². The van der Waals surface area contributed by atoms with Crippen molar-refractivity contribution >= 4 is 35.3 Å². The van der Waals surface area contributed by atoms with Crippen molar-refractivity contribution in [3.63, 3.8) is 0 Å².